The van der Waals surface area contributed by atoms with Crippen LogP contribution in [-0.2, 0) is 20.5 Å². The summed E-state index contributed by atoms with van der Waals surface area (Å²) in [5, 5.41) is 3.17. The fourth-order valence-electron chi connectivity index (χ4n) is 6.35. The Morgan fingerprint density at radius 3 is 2.42 bits per heavy atom. The number of hydrogen-bond acceptors (Lipinski definition) is 8. The average molecular weight is 734 g/mol. The van der Waals surface area contributed by atoms with Crippen LogP contribution in [0.4, 0.5) is 14.5 Å². The molecule has 7 rings (SSSR count). The first-order chi connectivity index (χ1) is 24.5. The van der Waals surface area contributed by atoms with Crippen molar-refractivity contribution in [2.75, 3.05) is 37.9 Å². The average Bonchev–Trinajstić information content (AvgIpc) is 3.82. The SMILES string of the molecule is CNC(=O)c1c(-c2ccc(F)cc2)oc2cc(N(CCC3COC(C)(C)O3)S(C)=O)c(-c3ccc(OC)c(-c4nc5c(F)cccc5o4)c3)cc12.O. The molecule has 0 saturated carbocycles. The fraction of sp³-hybridized carbons (Fsp3) is 0.263. The molecule has 1 aliphatic rings. The number of aromatic nitrogens is 1. The van der Waals surface area contributed by atoms with Crippen molar-refractivity contribution < 1.29 is 46.3 Å². The van der Waals surface area contributed by atoms with Crippen LogP contribution in [0.1, 0.15) is 30.6 Å². The third kappa shape index (κ3) is 6.89. The zero-order valence-electron chi connectivity index (χ0n) is 29.0. The van der Waals surface area contributed by atoms with Gasteiger partial charge in [0, 0.05) is 42.4 Å². The van der Waals surface area contributed by atoms with Gasteiger partial charge in [-0.1, -0.05) is 12.1 Å². The summed E-state index contributed by atoms with van der Waals surface area (Å²) in [4.78, 5) is 17.9. The molecule has 0 spiro atoms. The predicted octanol–water partition coefficient (Wildman–Crippen LogP) is 7.04. The Hall–Kier alpha value is -5.15. The lowest BCUT2D eigenvalue weighted by Gasteiger charge is -2.26. The maximum Gasteiger partial charge on any atom is 0.255 e. The van der Waals surface area contributed by atoms with Gasteiger partial charge in [0.25, 0.3) is 5.91 Å². The highest BCUT2D eigenvalue weighted by Crippen LogP contribution is 2.44. The highest BCUT2D eigenvalue weighted by molar-refractivity contribution is 7.85. The lowest BCUT2D eigenvalue weighted by atomic mass is 9.96. The molecule has 1 saturated heterocycles. The van der Waals surface area contributed by atoms with E-state index in [-0.39, 0.29) is 39.9 Å². The number of nitrogens with zero attached hydrogens (tertiary/aromatic N) is 2. The van der Waals surface area contributed by atoms with Gasteiger partial charge in [0.05, 0.1) is 36.6 Å². The number of anilines is 1. The zero-order valence-corrected chi connectivity index (χ0v) is 29.9. The first-order valence-electron chi connectivity index (χ1n) is 16.2. The van der Waals surface area contributed by atoms with Gasteiger partial charge in [0.1, 0.15) is 39.4 Å². The highest BCUT2D eigenvalue weighted by Gasteiger charge is 2.33. The molecule has 272 valence electrons. The molecular formula is C38H37F2N3O8S. The predicted molar refractivity (Wildman–Crippen MR) is 194 cm³/mol. The van der Waals surface area contributed by atoms with Gasteiger partial charge in [-0.05, 0) is 80.4 Å². The van der Waals surface area contributed by atoms with E-state index in [0.29, 0.717) is 64.2 Å². The Labute approximate surface area is 300 Å². The second kappa shape index (κ2) is 14.5. The van der Waals surface area contributed by atoms with Gasteiger partial charge in [0.15, 0.2) is 17.2 Å². The number of para-hydroxylation sites is 1. The largest absolute Gasteiger partial charge is 0.496 e. The monoisotopic (exact) mass is 733 g/mol. The quantitative estimate of drug-likeness (QED) is 0.158. The van der Waals surface area contributed by atoms with Crippen molar-refractivity contribution in [3.8, 4) is 39.7 Å². The van der Waals surface area contributed by atoms with Crippen molar-refractivity contribution in [1.82, 2.24) is 10.3 Å². The minimum Gasteiger partial charge on any atom is -0.496 e. The highest BCUT2D eigenvalue weighted by atomic mass is 32.2. The normalized spacial score (nSPS) is 15.8. The topological polar surface area (TPSA) is 148 Å². The number of carbonyl (C=O) groups excluding carboxylic acids is 1. The van der Waals surface area contributed by atoms with Crippen LogP contribution in [0.3, 0.4) is 0 Å². The van der Waals surface area contributed by atoms with Crippen LogP contribution in [0.15, 0.2) is 81.6 Å². The number of nitrogens with one attached hydrogen (secondary N) is 1. The molecule has 14 heteroatoms. The molecule has 2 aromatic heterocycles. The number of furan rings is 1. The molecule has 0 bridgehead atoms. The second-order valence-electron chi connectivity index (χ2n) is 12.5. The Morgan fingerprint density at radius 1 is 1.02 bits per heavy atom. The van der Waals surface area contributed by atoms with Gasteiger partial charge in [0.2, 0.25) is 5.89 Å². The standard InChI is InChI=1S/C38H35F2N3O7S.H2O/c1-38(2)47-20-24(50-38)15-16-43(51(5)45)29-19-32-26(33(36(44)41-3)35(48-32)21-9-12-23(39)13-10-21)18-25(29)22-11-14-30(46-4)27(17-22)37-42-34-28(40)7-6-8-31(34)49-37;/h6-14,17-19,24H,15-16,20H2,1-5H3,(H,41,44);1H2. The van der Waals surface area contributed by atoms with Crippen LogP contribution in [0, 0.1) is 11.6 Å². The second-order valence-corrected chi connectivity index (χ2v) is 13.8. The number of methoxy groups -OCH3 is 1. The number of amides is 1. The summed E-state index contributed by atoms with van der Waals surface area (Å²) in [6.07, 6.45) is 1.86. The minimum atomic E-state index is -1.53. The van der Waals surface area contributed by atoms with Gasteiger partial charge in [-0.25, -0.2) is 18.0 Å². The Morgan fingerprint density at radius 2 is 1.77 bits per heavy atom. The van der Waals surface area contributed by atoms with Crippen LogP contribution in [-0.4, -0.2) is 66.0 Å². The van der Waals surface area contributed by atoms with Crippen LogP contribution >= 0.6 is 0 Å². The first kappa shape index (κ1) is 36.6. The van der Waals surface area contributed by atoms with Gasteiger partial charge in [-0.2, -0.15) is 0 Å². The summed E-state index contributed by atoms with van der Waals surface area (Å²) >= 11 is 0. The van der Waals surface area contributed by atoms with E-state index < -0.39 is 34.3 Å². The molecule has 6 aromatic rings. The first-order valence-corrected chi connectivity index (χ1v) is 17.7. The minimum absolute atomic E-state index is 0. The van der Waals surface area contributed by atoms with E-state index in [1.807, 2.05) is 19.9 Å². The molecule has 11 nitrogen and oxygen atoms in total. The van der Waals surface area contributed by atoms with Crippen molar-refractivity contribution in [2.24, 2.45) is 0 Å². The van der Waals surface area contributed by atoms with E-state index in [1.54, 1.807) is 59.1 Å². The van der Waals surface area contributed by atoms with E-state index in [4.69, 9.17) is 23.0 Å². The smallest absolute Gasteiger partial charge is 0.255 e. The number of benzene rings is 4. The maximum absolute atomic E-state index is 14.6. The molecule has 52 heavy (non-hydrogen) atoms. The van der Waals surface area contributed by atoms with Crippen LogP contribution < -0.4 is 14.4 Å². The number of fused-ring (bicyclic) bond motifs is 2. The van der Waals surface area contributed by atoms with Crippen LogP contribution in [0.5, 0.6) is 5.75 Å². The van der Waals surface area contributed by atoms with E-state index >= 15 is 0 Å². The van der Waals surface area contributed by atoms with Crippen LogP contribution in [0.25, 0.3) is 56.0 Å². The van der Waals surface area contributed by atoms with E-state index in [1.165, 1.54) is 32.4 Å². The number of ether oxygens (including phenoxy) is 3. The molecule has 3 heterocycles. The number of rotatable bonds is 10. The van der Waals surface area contributed by atoms with Crippen molar-refractivity contribution in [1.29, 1.82) is 0 Å². The number of carbonyl (C=O) groups is 1. The van der Waals surface area contributed by atoms with E-state index in [9.17, 15) is 17.8 Å². The summed E-state index contributed by atoms with van der Waals surface area (Å²) in [6.45, 7) is 4.42. The maximum atomic E-state index is 14.6. The van der Waals surface area contributed by atoms with Gasteiger partial charge >= 0.3 is 0 Å². The molecular weight excluding hydrogens is 696 g/mol. The van der Waals surface area contributed by atoms with Crippen molar-refractivity contribution in [2.45, 2.75) is 32.2 Å². The fourth-order valence-corrected chi connectivity index (χ4v) is 7.14. The summed E-state index contributed by atoms with van der Waals surface area (Å²) in [5.74, 6) is -1.27. The molecule has 1 aliphatic heterocycles. The summed E-state index contributed by atoms with van der Waals surface area (Å²) in [6, 6.07) is 19.1. The molecule has 3 N–H and O–H groups in total. The molecule has 0 radical (unpaired) electrons. The van der Waals surface area contributed by atoms with Gasteiger partial charge in [-0.15, -0.1) is 0 Å². The van der Waals surface area contributed by atoms with Crippen molar-refractivity contribution in [3.63, 3.8) is 0 Å². The van der Waals surface area contributed by atoms with Gasteiger partial charge < -0.3 is 33.8 Å². The van der Waals surface area contributed by atoms with E-state index in [0.717, 1.165) is 0 Å². The molecule has 1 amide bonds. The molecule has 2 atom stereocenters. The van der Waals surface area contributed by atoms with Crippen molar-refractivity contribution >= 4 is 44.6 Å². The summed E-state index contributed by atoms with van der Waals surface area (Å²) < 4.78 is 73.7. The Bertz CT molecular complexity index is 2300. The third-order valence-electron chi connectivity index (χ3n) is 8.78. The van der Waals surface area contributed by atoms with Crippen LogP contribution in [0.2, 0.25) is 0 Å². The summed E-state index contributed by atoms with van der Waals surface area (Å²) in [5.41, 5.74) is 3.69. The summed E-state index contributed by atoms with van der Waals surface area (Å²) in [7, 11) is 1.49. The lowest BCUT2D eigenvalue weighted by molar-refractivity contribution is -0.138. The Balaban J connectivity index is 0.00000464. The van der Waals surface area contributed by atoms with Gasteiger partial charge in [-0.3, -0.25) is 9.10 Å². The number of hydrogen-bond donors (Lipinski definition) is 1. The molecule has 2 unspecified atom stereocenters. The number of halogens is 2. The molecule has 0 aliphatic carbocycles. The molecule has 1 fully saturated rings. The van der Waals surface area contributed by atoms with E-state index in [2.05, 4.69) is 10.3 Å². The van der Waals surface area contributed by atoms with Crippen molar-refractivity contribution in [3.05, 3.63) is 90.0 Å². The zero-order chi connectivity index (χ0) is 36.0. The lowest BCUT2D eigenvalue weighted by Crippen LogP contribution is -2.30. The number of oxazole rings is 1. The Kier molecular flexibility index (Phi) is 10.2. The third-order valence-corrected chi connectivity index (χ3v) is 9.78. The molecule has 4 aromatic carbocycles.